The fourth-order valence-electron chi connectivity index (χ4n) is 2.02. The zero-order valence-electron chi connectivity index (χ0n) is 14.9. The van der Waals surface area contributed by atoms with Gasteiger partial charge in [-0.05, 0) is 35.9 Å². The summed E-state index contributed by atoms with van der Waals surface area (Å²) in [5, 5.41) is 0. The highest BCUT2D eigenvalue weighted by molar-refractivity contribution is 5.93. The number of nitrogens with one attached hydrogen (secondary N) is 2. The van der Waals surface area contributed by atoms with Crippen molar-refractivity contribution in [2.24, 2.45) is 0 Å². The fraction of sp³-hybridized carbons (Fsp3) is 0.158. The molecule has 0 aliphatic heterocycles. The molecule has 2 amide bonds. The van der Waals surface area contributed by atoms with Crippen LogP contribution >= 0.6 is 0 Å². The van der Waals surface area contributed by atoms with Crippen LogP contribution in [-0.2, 0) is 9.59 Å². The van der Waals surface area contributed by atoms with Gasteiger partial charge in [0.05, 0.1) is 7.11 Å². The zero-order valence-corrected chi connectivity index (χ0v) is 14.9. The predicted octanol–water partition coefficient (Wildman–Crippen LogP) is 2.54. The molecule has 0 heterocycles. The Morgan fingerprint density at radius 2 is 1.71 bits per heavy atom. The van der Waals surface area contributed by atoms with Crippen LogP contribution in [0.3, 0.4) is 0 Å². The molecule has 0 fully saturated rings. The van der Waals surface area contributed by atoms with Crippen LogP contribution in [0.4, 0.5) is 8.78 Å². The summed E-state index contributed by atoms with van der Waals surface area (Å²) in [5.74, 6) is -0.267. The maximum absolute atomic E-state index is 12.1. The van der Waals surface area contributed by atoms with E-state index >= 15 is 0 Å². The molecule has 0 saturated carbocycles. The highest BCUT2D eigenvalue weighted by atomic mass is 19.3. The largest absolute Gasteiger partial charge is 0.493 e. The molecule has 0 saturated heterocycles. The lowest BCUT2D eigenvalue weighted by Crippen LogP contribution is -2.43. The highest BCUT2D eigenvalue weighted by Gasteiger charge is 2.07. The Hall–Kier alpha value is -3.62. The van der Waals surface area contributed by atoms with Gasteiger partial charge in [-0.15, -0.1) is 0 Å². The van der Waals surface area contributed by atoms with Gasteiger partial charge in [-0.2, -0.15) is 8.78 Å². The minimum absolute atomic E-state index is 0.0129. The molecule has 9 heteroatoms. The summed E-state index contributed by atoms with van der Waals surface area (Å²) in [6.07, 6.45) is 2.61. The van der Waals surface area contributed by atoms with Crippen molar-refractivity contribution in [1.82, 2.24) is 10.9 Å². The van der Waals surface area contributed by atoms with Gasteiger partial charge in [0, 0.05) is 6.08 Å². The smallest absolute Gasteiger partial charge is 0.387 e. The van der Waals surface area contributed by atoms with Gasteiger partial charge >= 0.3 is 6.61 Å². The Morgan fingerprint density at radius 3 is 2.36 bits per heavy atom. The first-order chi connectivity index (χ1) is 13.5. The quantitative estimate of drug-likeness (QED) is 0.533. The molecule has 2 aromatic rings. The third-order valence-electron chi connectivity index (χ3n) is 3.29. The standard InChI is InChI=1S/C19H18F2N2O5/c1-26-15-4-2-3-5-16(15)27-12-18(25)23-22-17(24)11-8-13-6-9-14(10-7-13)28-19(20)21/h2-11,19H,12H2,1H3,(H,22,24)(H,23,25)/b11-8+. The summed E-state index contributed by atoms with van der Waals surface area (Å²) in [4.78, 5) is 23.4. The van der Waals surface area contributed by atoms with E-state index in [9.17, 15) is 18.4 Å². The maximum Gasteiger partial charge on any atom is 0.387 e. The average Bonchev–Trinajstić information content (AvgIpc) is 2.70. The first kappa shape index (κ1) is 20.7. The van der Waals surface area contributed by atoms with Gasteiger partial charge in [0.15, 0.2) is 18.1 Å². The number of amides is 2. The number of ether oxygens (including phenoxy) is 3. The van der Waals surface area contributed by atoms with Crippen LogP contribution < -0.4 is 25.1 Å². The molecule has 0 atom stereocenters. The van der Waals surface area contributed by atoms with E-state index in [0.717, 1.165) is 0 Å². The number of rotatable bonds is 8. The number of para-hydroxylation sites is 2. The van der Waals surface area contributed by atoms with E-state index in [2.05, 4.69) is 15.6 Å². The normalized spacial score (nSPS) is 10.6. The van der Waals surface area contributed by atoms with Crippen molar-refractivity contribution in [3.8, 4) is 17.2 Å². The molecule has 0 aromatic heterocycles. The van der Waals surface area contributed by atoms with Crippen LogP contribution in [0.1, 0.15) is 5.56 Å². The van der Waals surface area contributed by atoms with Gasteiger partial charge in [-0.25, -0.2) is 0 Å². The SMILES string of the molecule is COc1ccccc1OCC(=O)NNC(=O)/C=C/c1ccc(OC(F)F)cc1. The predicted molar refractivity (Wildman–Crippen MR) is 96.9 cm³/mol. The molecule has 148 valence electrons. The molecule has 0 radical (unpaired) electrons. The van der Waals surface area contributed by atoms with Crippen LogP contribution in [-0.4, -0.2) is 32.1 Å². The Labute approximate surface area is 159 Å². The first-order valence-corrected chi connectivity index (χ1v) is 8.05. The van der Waals surface area contributed by atoms with Crippen LogP contribution in [0.5, 0.6) is 17.2 Å². The zero-order chi connectivity index (χ0) is 20.4. The van der Waals surface area contributed by atoms with E-state index in [4.69, 9.17) is 9.47 Å². The van der Waals surface area contributed by atoms with Crippen LogP contribution in [0.2, 0.25) is 0 Å². The van der Waals surface area contributed by atoms with Crippen molar-refractivity contribution in [1.29, 1.82) is 0 Å². The lowest BCUT2D eigenvalue weighted by atomic mass is 10.2. The summed E-state index contributed by atoms with van der Waals surface area (Å²) in [7, 11) is 1.48. The van der Waals surface area contributed by atoms with E-state index in [1.807, 2.05) is 0 Å². The van der Waals surface area contributed by atoms with E-state index in [0.29, 0.717) is 17.1 Å². The minimum Gasteiger partial charge on any atom is -0.493 e. The second kappa shape index (κ2) is 10.5. The fourth-order valence-corrected chi connectivity index (χ4v) is 2.02. The van der Waals surface area contributed by atoms with Crippen molar-refractivity contribution >= 4 is 17.9 Å². The second-order valence-corrected chi connectivity index (χ2v) is 5.26. The van der Waals surface area contributed by atoms with Gasteiger partial charge < -0.3 is 14.2 Å². The molecule has 0 aliphatic rings. The first-order valence-electron chi connectivity index (χ1n) is 8.05. The molecule has 2 rings (SSSR count). The molecule has 7 nitrogen and oxygen atoms in total. The number of hydrogen-bond acceptors (Lipinski definition) is 5. The number of alkyl halides is 2. The molecule has 0 aliphatic carbocycles. The van der Waals surface area contributed by atoms with E-state index < -0.39 is 18.4 Å². The lowest BCUT2D eigenvalue weighted by Gasteiger charge is -2.10. The topological polar surface area (TPSA) is 85.9 Å². The molecule has 0 bridgehead atoms. The van der Waals surface area contributed by atoms with Crippen LogP contribution in [0, 0.1) is 0 Å². The van der Waals surface area contributed by atoms with E-state index in [1.165, 1.54) is 43.5 Å². The van der Waals surface area contributed by atoms with Crippen molar-refractivity contribution in [3.05, 3.63) is 60.2 Å². The van der Waals surface area contributed by atoms with Gasteiger partial charge in [0.1, 0.15) is 5.75 Å². The number of hydrazine groups is 1. The average molecular weight is 392 g/mol. The third kappa shape index (κ3) is 6.94. The van der Waals surface area contributed by atoms with Crippen molar-refractivity contribution in [3.63, 3.8) is 0 Å². The number of methoxy groups -OCH3 is 1. The number of carbonyl (C=O) groups excluding carboxylic acids is 2. The molecule has 0 spiro atoms. The Balaban J connectivity index is 1.75. The van der Waals surface area contributed by atoms with Crippen molar-refractivity contribution in [2.75, 3.05) is 13.7 Å². The molecule has 0 unspecified atom stereocenters. The van der Waals surface area contributed by atoms with Gasteiger partial charge in [0.2, 0.25) is 0 Å². The van der Waals surface area contributed by atoms with Gasteiger partial charge in [-0.3, -0.25) is 20.4 Å². The highest BCUT2D eigenvalue weighted by Crippen LogP contribution is 2.25. The van der Waals surface area contributed by atoms with Crippen molar-refractivity contribution in [2.45, 2.75) is 6.61 Å². The van der Waals surface area contributed by atoms with Gasteiger partial charge in [-0.1, -0.05) is 24.3 Å². The summed E-state index contributed by atoms with van der Waals surface area (Å²) < 4.78 is 38.8. The lowest BCUT2D eigenvalue weighted by molar-refractivity contribution is -0.128. The summed E-state index contributed by atoms with van der Waals surface area (Å²) in [5.41, 5.74) is 4.98. The third-order valence-corrected chi connectivity index (χ3v) is 3.29. The van der Waals surface area contributed by atoms with E-state index in [-0.39, 0.29) is 12.4 Å². The Bertz CT molecular complexity index is 825. The number of halogens is 2. The molecule has 28 heavy (non-hydrogen) atoms. The Kier molecular flexibility index (Phi) is 7.77. The minimum atomic E-state index is -2.90. The molecular weight excluding hydrogens is 374 g/mol. The molecule has 2 N–H and O–H groups in total. The van der Waals surface area contributed by atoms with E-state index in [1.54, 1.807) is 24.3 Å². The van der Waals surface area contributed by atoms with Crippen LogP contribution in [0.15, 0.2) is 54.6 Å². The molecule has 2 aromatic carbocycles. The van der Waals surface area contributed by atoms with Crippen LogP contribution in [0.25, 0.3) is 6.08 Å². The maximum atomic E-state index is 12.1. The number of benzene rings is 2. The Morgan fingerprint density at radius 1 is 1.04 bits per heavy atom. The second-order valence-electron chi connectivity index (χ2n) is 5.26. The summed E-state index contributed by atoms with van der Waals surface area (Å²) >= 11 is 0. The molecular formula is C19H18F2N2O5. The number of carbonyl (C=O) groups is 2. The summed E-state index contributed by atoms with van der Waals surface area (Å²) in [6, 6.07) is 12.5. The number of hydrogen-bond donors (Lipinski definition) is 2. The van der Waals surface area contributed by atoms with Crippen molar-refractivity contribution < 1.29 is 32.6 Å². The summed E-state index contributed by atoms with van der Waals surface area (Å²) in [6.45, 7) is -3.22. The van der Waals surface area contributed by atoms with Gasteiger partial charge in [0.25, 0.3) is 11.8 Å². The monoisotopic (exact) mass is 392 g/mol.